The van der Waals surface area contributed by atoms with Gasteiger partial charge in [0.05, 0.1) is 17.5 Å². The third-order valence-corrected chi connectivity index (χ3v) is 5.36. The molecule has 1 atom stereocenters. The molecule has 0 saturated carbocycles. The number of aromatic carboxylic acids is 1. The zero-order valence-corrected chi connectivity index (χ0v) is 17.2. The van der Waals surface area contributed by atoms with Crippen LogP contribution in [0.4, 0.5) is 11.4 Å². The van der Waals surface area contributed by atoms with Crippen LogP contribution >= 0.6 is 0 Å². The van der Waals surface area contributed by atoms with Crippen molar-refractivity contribution in [2.75, 3.05) is 10.3 Å². The summed E-state index contributed by atoms with van der Waals surface area (Å²) in [7, 11) is 0. The number of anilines is 2. The van der Waals surface area contributed by atoms with Crippen LogP contribution in [0, 0.1) is 0 Å². The van der Waals surface area contributed by atoms with E-state index in [2.05, 4.69) is 68.2 Å². The predicted octanol–water partition coefficient (Wildman–Crippen LogP) is 5.33. The van der Waals surface area contributed by atoms with E-state index in [0.29, 0.717) is 12.0 Å². The van der Waals surface area contributed by atoms with Crippen molar-refractivity contribution in [1.29, 1.82) is 0 Å². The number of carboxylic acid groups (broad SMARTS) is 1. The molecule has 0 fully saturated rings. The smallest absolute Gasteiger partial charge is 0.335 e. The van der Waals surface area contributed by atoms with E-state index in [1.54, 1.807) is 30.5 Å². The average molecular weight is 380 g/mol. The van der Waals surface area contributed by atoms with Crippen LogP contribution in [0.5, 0.6) is 0 Å². The second-order valence-electron chi connectivity index (χ2n) is 8.45. The molecule has 2 aromatic carbocycles. The molecule has 5 nitrogen and oxygen atoms in total. The van der Waals surface area contributed by atoms with Crippen LogP contribution < -0.4 is 10.3 Å². The van der Waals surface area contributed by atoms with Gasteiger partial charge in [-0.25, -0.2) is 4.79 Å². The van der Waals surface area contributed by atoms with Gasteiger partial charge in [0.1, 0.15) is 0 Å². The summed E-state index contributed by atoms with van der Waals surface area (Å²) in [4.78, 5) is 13.4. The number of hydrogen-bond acceptors (Lipinski definition) is 4. The summed E-state index contributed by atoms with van der Waals surface area (Å²) < 4.78 is 0. The average Bonchev–Trinajstić information content (AvgIpc) is 2.61. The lowest BCUT2D eigenvalue weighted by Gasteiger charge is -2.50. The molecule has 1 aliphatic rings. The Morgan fingerprint density at radius 2 is 1.93 bits per heavy atom. The fourth-order valence-electron chi connectivity index (χ4n) is 4.40. The predicted molar refractivity (Wildman–Crippen MR) is 116 cm³/mol. The van der Waals surface area contributed by atoms with E-state index >= 15 is 0 Å². The van der Waals surface area contributed by atoms with E-state index in [1.807, 2.05) is 0 Å². The van der Waals surface area contributed by atoms with E-state index in [4.69, 9.17) is 5.11 Å². The van der Waals surface area contributed by atoms with E-state index < -0.39 is 5.97 Å². The second-order valence-corrected chi connectivity index (χ2v) is 8.45. The first-order valence-corrected chi connectivity index (χ1v) is 9.75. The van der Waals surface area contributed by atoms with Gasteiger partial charge in [0, 0.05) is 17.3 Å². The summed E-state index contributed by atoms with van der Waals surface area (Å²) >= 11 is 0. The minimum atomic E-state index is -0.933. The molecule has 2 N–H and O–H groups in total. The first-order valence-electron chi connectivity index (χ1n) is 9.75. The van der Waals surface area contributed by atoms with Gasteiger partial charge in [-0.05, 0) is 87.6 Å². The molecular formula is C23H29N3O2. The van der Waals surface area contributed by atoms with Gasteiger partial charge in [0.2, 0.25) is 0 Å². The van der Waals surface area contributed by atoms with Gasteiger partial charge in [-0.1, -0.05) is 13.0 Å². The maximum absolute atomic E-state index is 10.9. The summed E-state index contributed by atoms with van der Waals surface area (Å²) in [5.74, 6) is -0.443. The van der Waals surface area contributed by atoms with Crippen LogP contribution in [-0.2, 0) is 0 Å². The lowest BCUT2D eigenvalue weighted by molar-refractivity contribution is 0.0697. The number of benzene rings is 2. The third-order valence-electron chi connectivity index (χ3n) is 5.36. The van der Waals surface area contributed by atoms with E-state index in [-0.39, 0.29) is 11.1 Å². The summed E-state index contributed by atoms with van der Waals surface area (Å²) in [6, 6.07) is 13.5. The molecule has 0 aliphatic carbocycles. The van der Waals surface area contributed by atoms with Gasteiger partial charge in [0.15, 0.2) is 0 Å². The SMILES string of the molecule is CC(C)N1c2ccc(/C=N/Nc3ccc(C(=O)O)cc3)cc2[C@@H](C)CC1(C)C. The molecule has 0 spiro atoms. The second kappa shape index (κ2) is 7.66. The minimum absolute atomic E-state index is 0.139. The largest absolute Gasteiger partial charge is 0.478 e. The lowest BCUT2D eigenvalue weighted by atomic mass is 9.79. The molecule has 5 heteroatoms. The highest BCUT2D eigenvalue weighted by Crippen LogP contribution is 2.44. The Labute approximate surface area is 167 Å². The topological polar surface area (TPSA) is 64.9 Å². The van der Waals surface area contributed by atoms with Crippen molar-refractivity contribution < 1.29 is 9.90 Å². The van der Waals surface area contributed by atoms with Gasteiger partial charge in [-0.2, -0.15) is 5.10 Å². The van der Waals surface area contributed by atoms with Gasteiger partial charge in [0.25, 0.3) is 0 Å². The van der Waals surface area contributed by atoms with Crippen LogP contribution in [0.2, 0.25) is 0 Å². The Hall–Kier alpha value is -2.82. The molecule has 1 heterocycles. The molecule has 0 saturated heterocycles. The van der Waals surface area contributed by atoms with Crippen LogP contribution in [0.15, 0.2) is 47.6 Å². The lowest BCUT2D eigenvalue weighted by Crippen LogP contribution is -2.51. The van der Waals surface area contributed by atoms with Crippen molar-refractivity contribution in [2.24, 2.45) is 5.10 Å². The fourth-order valence-corrected chi connectivity index (χ4v) is 4.40. The number of nitrogens with zero attached hydrogens (tertiary/aromatic N) is 2. The molecule has 2 aromatic rings. The maximum atomic E-state index is 10.9. The molecule has 28 heavy (non-hydrogen) atoms. The molecule has 0 radical (unpaired) electrons. The summed E-state index contributed by atoms with van der Waals surface area (Å²) in [6.45, 7) is 11.4. The number of rotatable bonds is 5. The Morgan fingerprint density at radius 1 is 1.25 bits per heavy atom. The summed E-state index contributed by atoms with van der Waals surface area (Å²) in [6.07, 6.45) is 2.92. The van der Waals surface area contributed by atoms with Gasteiger partial charge in [-0.15, -0.1) is 0 Å². The molecule has 148 valence electrons. The van der Waals surface area contributed by atoms with Crippen LogP contribution in [0.1, 0.15) is 68.4 Å². The number of nitrogens with one attached hydrogen (secondary N) is 1. The molecular weight excluding hydrogens is 350 g/mol. The van der Waals surface area contributed by atoms with E-state index in [1.165, 1.54) is 11.3 Å². The number of carboxylic acids is 1. The highest BCUT2D eigenvalue weighted by atomic mass is 16.4. The third kappa shape index (κ3) is 4.03. The summed E-state index contributed by atoms with van der Waals surface area (Å²) in [5.41, 5.74) is 7.83. The van der Waals surface area contributed by atoms with Crippen molar-refractivity contribution in [3.8, 4) is 0 Å². The molecule has 0 unspecified atom stereocenters. The molecule has 0 aromatic heterocycles. The van der Waals surface area contributed by atoms with Crippen molar-refractivity contribution in [1.82, 2.24) is 0 Å². The highest BCUT2D eigenvalue weighted by molar-refractivity contribution is 5.88. The van der Waals surface area contributed by atoms with E-state index in [9.17, 15) is 4.79 Å². The first kappa shape index (κ1) is 19.9. The Balaban J connectivity index is 1.79. The molecule has 3 rings (SSSR count). The van der Waals surface area contributed by atoms with Gasteiger partial charge < -0.3 is 10.0 Å². The van der Waals surface area contributed by atoms with Gasteiger partial charge >= 0.3 is 5.97 Å². The zero-order chi connectivity index (χ0) is 20.5. The fraction of sp³-hybridized carbons (Fsp3) is 0.391. The summed E-state index contributed by atoms with van der Waals surface area (Å²) in [5, 5.41) is 13.3. The standard InChI is InChI=1S/C23H29N3O2/c1-15(2)26-21-11-6-17(12-20(21)16(3)13-23(26,4)5)14-24-25-19-9-7-18(8-10-19)22(27)28/h6-12,14-16,25H,13H2,1-5H3,(H,27,28)/b24-14+/t16-/m0/s1. The van der Waals surface area contributed by atoms with Crippen molar-refractivity contribution in [2.45, 2.75) is 58.5 Å². The minimum Gasteiger partial charge on any atom is -0.478 e. The monoisotopic (exact) mass is 379 g/mol. The maximum Gasteiger partial charge on any atom is 0.335 e. The van der Waals surface area contributed by atoms with Crippen molar-refractivity contribution >= 4 is 23.6 Å². The first-order chi connectivity index (χ1) is 13.2. The van der Waals surface area contributed by atoms with Gasteiger partial charge in [-0.3, -0.25) is 5.43 Å². The number of carbonyl (C=O) groups is 1. The van der Waals surface area contributed by atoms with Crippen LogP contribution in [0.25, 0.3) is 0 Å². The molecule has 1 aliphatic heterocycles. The van der Waals surface area contributed by atoms with E-state index in [0.717, 1.165) is 17.7 Å². The van der Waals surface area contributed by atoms with Crippen molar-refractivity contribution in [3.63, 3.8) is 0 Å². The Kier molecular flexibility index (Phi) is 5.45. The number of fused-ring (bicyclic) bond motifs is 1. The quantitative estimate of drug-likeness (QED) is 0.544. The Morgan fingerprint density at radius 3 is 2.54 bits per heavy atom. The molecule has 0 amide bonds. The zero-order valence-electron chi connectivity index (χ0n) is 17.2. The highest BCUT2D eigenvalue weighted by Gasteiger charge is 2.37. The normalized spacial score (nSPS) is 18.4. The molecule has 0 bridgehead atoms. The van der Waals surface area contributed by atoms with Crippen molar-refractivity contribution in [3.05, 3.63) is 59.2 Å². The van der Waals surface area contributed by atoms with Crippen LogP contribution in [-0.4, -0.2) is 28.9 Å². The van der Waals surface area contributed by atoms with Crippen LogP contribution in [0.3, 0.4) is 0 Å². The number of hydrazone groups is 1. The number of hydrogen-bond donors (Lipinski definition) is 2. The Bertz CT molecular complexity index is 885.